The molecule has 0 atom stereocenters. The molecule has 3 nitrogen and oxygen atoms in total. The summed E-state index contributed by atoms with van der Waals surface area (Å²) in [6.07, 6.45) is 4.12. The van der Waals surface area contributed by atoms with E-state index in [2.05, 4.69) is 10.3 Å². The van der Waals surface area contributed by atoms with Gasteiger partial charge in [-0.25, -0.2) is 9.37 Å². The Morgan fingerprint density at radius 1 is 1.39 bits per heavy atom. The van der Waals surface area contributed by atoms with Gasteiger partial charge in [0, 0.05) is 11.6 Å². The Hall–Kier alpha value is -1.68. The molecule has 0 saturated heterocycles. The van der Waals surface area contributed by atoms with Gasteiger partial charge in [0.1, 0.15) is 5.82 Å². The summed E-state index contributed by atoms with van der Waals surface area (Å²) in [4.78, 5) is 4.20. The second kappa shape index (κ2) is 4.53. The lowest BCUT2D eigenvalue weighted by Gasteiger charge is -2.00. The average molecular weight is 246 g/mol. The third-order valence-corrected chi connectivity index (χ3v) is 3.00. The molecule has 1 saturated carbocycles. The maximum absolute atomic E-state index is 13.3. The first-order valence-electron chi connectivity index (χ1n) is 6.16. The van der Waals surface area contributed by atoms with E-state index in [-0.39, 0.29) is 5.82 Å². The highest BCUT2D eigenvalue weighted by molar-refractivity contribution is 5.57. The zero-order valence-electron chi connectivity index (χ0n) is 10.2. The summed E-state index contributed by atoms with van der Waals surface area (Å²) >= 11 is 0. The van der Waals surface area contributed by atoms with Crippen LogP contribution < -0.4 is 5.32 Å². The van der Waals surface area contributed by atoms with E-state index in [1.54, 1.807) is 6.20 Å². The summed E-state index contributed by atoms with van der Waals surface area (Å²) in [6.45, 7) is 2.50. The normalized spacial score (nSPS) is 15.0. The van der Waals surface area contributed by atoms with Crippen LogP contribution in [0.5, 0.6) is 0 Å². The number of nitrogens with one attached hydrogen (secondary N) is 1. The van der Waals surface area contributed by atoms with Crippen molar-refractivity contribution in [3.05, 3.63) is 41.7 Å². The monoisotopic (exact) mass is 246 g/mol. The Kier molecular flexibility index (Phi) is 2.88. The van der Waals surface area contributed by atoms with E-state index in [1.807, 2.05) is 13.0 Å². The molecule has 1 aliphatic rings. The molecule has 18 heavy (non-hydrogen) atoms. The number of nitrogens with zero attached hydrogens (tertiary/aromatic N) is 1. The Morgan fingerprint density at radius 2 is 2.22 bits per heavy atom. The maximum Gasteiger partial charge on any atom is 0.208 e. The molecular weight excluding hydrogens is 231 g/mol. The van der Waals surface area contributed by atoms with Gasteiger partial charge in [-0.2, -0.15) is 0 Å². The molecule has 0 aliphatic heterocycles. The summed E-state index contributed by atoms with van der Waals surface area (Å²) in [5.74, 6) is 1.02. The molecule has 1 fully saturated rings. The van der Waals surface area contributed by atoms with Gasteiger partial charge in [-0.3, -0.25) is 0 Å². The largest absolute Gasteiger partial charge is 0.439 e. The van der Waals surface area contributed by atoms with E-state index >= 15 is 0 Å². The first kappa shape index (κ1) is 11.4. The van der Waals surface area contributed by atoms with Crippen LogP contribution in [0, 0.1) is 12.7 Å². The van der Waals surface area contributed by atoms with Crippen LogP contribution in [0.3, 0.4) is 0 Å². The molecule has 0 spiro atoms. The minimum Gasteiger partial charge on any atom is -0.439 e. The van der Waals surface area contributed by atoms with E-state index in [9.17, 15) is 4.39 Å². The minimum atomic E-state index is -0.251. The number of rotatable bonds is 4. The lowest BCUT2D eigenvalue weighted by Crippen LogP contribution is -2.15. The summed E-state index contributed by atoms with van der Waals surface area (Å²) in [6, 6.07) is 5.47. The molecule has 0 radical (unpaired) electrons. The lowest BCUT2D eigenvalue weighted by atomic mass is 10.1. The van der Waals surface area contributed by atoms with Crippen molar-refractivity contribution >= 4 is 0 Å². The van der Waals surface area contributed by atoms with Gasteiger partial charge >= 0.3 is 0 Å². The molecule has 1 aromatic carbocycles. The third kappa shape index (κ3) is 2.59. The van der Waals surface area contributed by atoms with Gasteiger partial charge in [-0.05, 0) is 43.5 Å². The van der Waals surface area contributed by atoms with Crippen molar-refractivity contribution in [2.45, 2.75) is 32.4 Å². The van der Waals surface area contributed by atoms with Crippen LogP contribution in [-0.4, -0.2) is 11.0 Å². The molecule has 1 N–H and O–H groups in total. The van der Waals surface area contributed by atoms with Crippen LogP contribution in [-0.2, 0) is 6.54 Å². The van der Waals surface area contributed by atoms with Crippen LogP contribution in [0.1, 0.15) is 24.3 Å². The summed E-state index contributed by atoms with van der Waals surface area (Å²) < 4.78 is 18.9. The highest BCUT2D eigenvalue weighted by atomic mass is 19.1. The van der Waals surface area contributed by atoms with Crippen LogP contribution in [0.4, 0.5) is 4.39 Å². The van der Waals surface area contributed by atoms with E-state index < -0.39 is 0 Å². The average Bonchev–Trinajstić information content (AvgIpc) is 3.02. The molecular formula is C14H15FN2O. The molecule has 2 aromatic rings. The van der Waals surface area contributed by atoms with Crippen LogP contribution >= 0.6 is 0 Å². The number of aryl methyl sites for hydroxylation is 1. The van der Waals surface area contributed by atoms with Crippen molar-refractivity contribution < 1.29 is 8.81 Å². The first-order chi connectivity index (χ1) is 8.70. The van der Waals surface area contributed by atoms with Crippen molar-refractivity contribution in [3.63, 3.8) is 0 Å². The molecule has 1 aliphatic carbocycles. The molecule has 3 rings (SSSR count). The number of benzene rings is 1. The quantitative estimate of drug-likeness (QED) is 0.901. The standard InChI is InChI=1S/C14H15FN2O/c1-9-4-10(6-11(15)5-9)13-7-17-14(18-13)8-16-12-2-3-12/h4-7,12,16H,2-3,8H2,1H3. The van der Waals surface area contributed by atoms with Gasteiger partial charge in [-0.1, -0.05) is 0 Å². The van der Waals surface area contributed by atoms with E-state index in [4.69, 9.17) is 4.42 Å². The molecule has 4 heteroatoms. The highest BCUT2D eigenvalue weighted by Gasteiger charge is 2.21. The lowest BCUT2D eigenvalue weighted by molar-refractivity contribution is 0.476. The number of hydrogen-bond acceptors (Lipinski definition) is 3. The number of oxazole rings is 1. The number of halogens is 1. The van der Waals surface area contributed by atoms with Crippen LogP contribution in [0.25, 0.3) is 11.3 Å². The second-order valence-corrected chi connectivity index (χ2v) is 4.79. The van der Waals surface area contributed by atoms with Gasteiger partial charge in [0.15, 0.2) is 5.76 Å². The SMILES string of the molecule is Cc1cc(F)cc(-c2cnc(CNC3CC3)o2)c1. The van der Waals surface area contributed by atoms with Gasteiger partial charge in [0.05, 0.1) is 12.7 Å². The van der Waals surface area contributed by atoms with Crippen LogP contribution in [0.15, 0.2) is 28.8 Å². The van der Waals surface area contributed by atoms with E-state index in [0.717, 1.165) is 11.1 Å². The van der Waals surface area contributed by atoms with Crippen molar-refractivity contribution in [2.24, 2.45) is 0 Å². The Bertz CT molecular complexity index is 540. The van der Waals surface area contributed by atoms with Crippen molar-refractivity contribution in [3.8, 4) is 11.3 Å². The van der Waals surface area contributed by atoms with Crippen molar-refractivity contribution in [1.82, 2.24) is 10.3 Å². The third-order valence-electron chi connectivity index (χ3n) is 3.00. The van der Waals surface area contributed by atoms with Gasteiger partial charge in [-0.15, -0.1) is 0 Å². The molecule has 0 amide bonds. The van der Waals surface area contributed by atoms with E-state index in [0.29, 0.717) is 24.2 Å². The predicted octanol–water partition coefficient (Wildman–Crippen LogP) is 3.04. The van der Waals surface area contributed by atoms with Gasteiger partial charge in [0.25, 0.3) is 0 Å². The molecule has 1 aromatic heterocycles. The topological polar surface area (TPSA) is 38.1 Å². The maximum atomic E-state index is 13.3. The summed E-state index contributed by atoms with van der Waals surface area (Å²) in [5.41, 5.74) is 1.61. The molecule has 94 valence electrons. The van der Waals surface area contributed by atoms with Crippen molar-refractivity contribution in [1.29, 1.82) is 0 Å². The number of aromatic nitrogens is 1. The van der Waals surface area contributed by atoms with E-state index in [1.165, 1.54) is 25.0 Å². The Labute approximate surface area is 105 Å². The van der Waals surface area contributed by atoms with Crippen LogP contribution in [0.2, 0.25) is 0 Å². The fraction of sp³-hybridized carbons (Fsp3) is 0.357. The summed E-state index contributed by atoms with van der Waals surface area (Å²) in [7, 11) is 0. The first-order valence-corrected chi connectivity index (χ1v) is 6.16. The molecule has 0 bridgehead atoms. The zero-order valence-corrected chi connectivity index (χ0v) is 10.2. The Balaban J connectivity index is 1.78. The highest BCUT2D eigenvalue weighted by Crippen LogP contribution is 2.23. The van der Waals surface area contributed by atoms with Gasteiger partial charge < -0.3 is 9.73 Å². The number of hydrogen-bond donors (Lipinski definition) is 1. The smallest absolute Gasteiger partial charge is 0.208 e. The minimum absolute atomic E-state index is 0.251. The van der Waals surface area contributed by atoms with Crippen molar-refractivity contribution in [2.75, 3.05) is 0 Å². The zero-order chi connectivity index (χ0) is 12.5. The summed E-state index contributed by atoms with van der Waals surface area (Å²) in [5, 5.41) is 3.33. The molecule has 0 unspecified atom stereocenters. The molecule has 1 heterocycles. The van der Waals surface area contributed by atoms with Gasteiger partial charge in [0.2, 0.25) is 5.89 Å². The fourth-order valence-corrected chi connectivity index (χ4v) is 1.92. The fourth-order valence-electron chi connectivity index (χ4n) is 1.92. The predicted molar refractivity (Wildman–Crippen MR) is 66.5 cm³/mol. The second-order valence-electron chi connectivity index (χ2n) is 4.79. The Morgan fingerprint density at radius 3 is 2.94 bits per heavy atom.